The molecule has 0 aliphatic carbocycles. The Morgan fingerprint density at radius 3 is 2.72 bits per heavy atom. The van der Waals surface area contributed by atoms with E-state index in [1.54, 1.807) is 25.6 Å². The standard InChI is InChI=1S/C18H18N2O3S2/c1-22-15-7-5-12(10-16(15)23-2)14-11-25-18(19-14)20-17(21)8-6-13-4-3-9-24-13/h3-5,7,9-11H,6,8H2,1-2H3,(H,19,20,21). The molecular formula is C18H18N2O3S2. The lowest BCUT2D eigenvalue weighted by atomic mass is 10.1. The molecule has 3 rings (SSSR count). The minimum absolute atomic E-state index is 0.0263. The molecule has 0 spiro atoms. The molecule has 5 nitrogen and oxygen atoms in total. The van der Waals surface area contributed by atoms with Gasteiger partial charge in [-0.3, -0.25) is 4.79 Å². The molecule has 1 aromatic carbocycles. The zero-order valence-electron chi connectivity index (χ0n) is 13.9. The molecular weight excluding hydrogens is 356 g/mol. The quantitative estimate of drug-likeness (QED) is 0.663. The number of aryl methyl sites for hydroxylation is 1. The number of rotatable bonds is 7. The molecule has 0 aliphatic heterocycles. The highest BCUT2D eigenvalue weighted by Crippen LogP contribution is 2.33. The number of thiophene rings is 1. The maximum Gasteiger partial charge on any atom is 0.226 e. The van der Waals surface area contributed by atoms with Crippen molar-refractivity contribution in [2.75, 3.05) is 19.5 Å². The predicted molar refractivity (Wildman–Crippen MR) is 102 cm³/mol. The molecule has 0 aliphatic rings. The molecule has 2 heterocycles. The third-order valence-electron chi connectivity index (χ3n) is 3.61. The minimum atomic E-state index is -0.0263. The van der Waals surface area contributed by atoms with Crippen molar-refractivity contribution in [1.29, 1.82) is 0 Å². The van der Waals surface area contributed by atoms with E-state index in [9.17, 15) is 4.79 Å². The van der Waals surface area contributed by atoms with Crippen LogP contribution in [0.15, 0.2) is 41.1 Å². The molecule has 0 bridgehead atoms. The number of hydrogen-bond donors (Lipinski definition) is 1. The summed E-state index contributed by atoms with van der Waals surface area (Å²) >= 11 is 3.07. The lowest BCUT2D eigenvalue weighted by Gasteiger charge is -2.08. The van der Waals surface area contributed by atoms with Crippen molar-refractivity contribution >= 4 is 33.7 Å². The van der Waals surface area contributed by atoms with Crippen molar-refractivity contribution in [3.63, 3.8) is 0 Å². The summed E-state index contributed by atoms with van der Waals surface area (Å²) in [7, 11) is 3.20. The van der Waals surface area contributed by atoms with Gasteiger partial charge in [0.2, 0.25) is 5.91 Å². The first-order chi connectivity index (χ1) is 12.2. The second-order valence-electron chi connectivity index (χ2n) is 5.24. The molecule has 2 aromatic heterocycles. The van der Waals surface area contributed by atoms with Gasteiger partial charge in [0.05, 0.1) is 19.9 Å². The maximum absolute atomic E-state index is 12.1. The topological polar surface area (TPSA) is 60.5 Å². The predicted octanol–water partition coefficient (Wildman–Crippen LogP) is 4.46. The Labute approximate surface area is 154 Å². The zero-order valence-corrected chi connectivity index (χ0v) is 15.6. The van der Waals surface area contributed by atoms with Gasteiger partial charge in [0.15, 0.2) is 16.6 Å². The highest BCUT2D eigenvalue weighted by molar-refractivity contribution is 7.14. The minimum Gasteiger partial charge on any atom is -0.493 e. The number of amides is 1. The van der Waals surface area contributed by atoms with E-state index >= 15 is 0 Å². The van der Waals surface area contributed by atoms with Gasteiger partial charge in [0, 0.05) is 22.2 Å². The van der Waals surface area contributed by atoms with E-state index in [1.807, 2.05) is 41.1 Å². The Balaban J connectivity index is 1.64. The van der Waals surface area contributed by atoms with Gasteiger partial charge in [-0.1, -0.05) is 6.07 Å². The van der Waals surface area contributed by atoms with Crippen LogP contribution in [-0.4, -0.2) is 25.1 Å². The Kier molecular flexibility index (Phi) is 5.67. The second-order valence-corrected chi connectivity index (χ2v) is 7.13. The van der Waals surface area contributed by atoms with Crippen molar-refractivity contribution in [3.8, 4) is 22.8 Å². The molecule has 0 radical (unpaired) electrons. The fraction of sp³-hybridized carbons (Fsp3) is 0.222. The number of hydrogen-bond acceptors (Lipinski definition) is 6. The van der Waals surface area contributed by atoms with Crippen LogP contribution in [0, 0.1) is 0 Å². The summed E-state index contributed by atoms with van der Waals surface area (Å²) in [6.07, 6.45) is 1.20. The van der Waals surface area contributed by atoms with Crippen LogP contribution < -0.4 is 14.8 Å². The first-order valence-corrected chi connectivity index (χ1v) is 9.45. The Hall–Kier alpha value is -2.38. The number of ether oxygens (including phenoxy) is 2. The molecule has 1 N–H and O–H groups in total. The van der Waals surface area contributed by atoms with Gasteiger partial charge in [-0.25, -0.2) is 4.98 Å². The van der Waals surface area contributed by atoms with Crippen LogP contribution in [0.1, 0.15) is 11.3 Å². The van der Waals surface area contributed by atoms with Gasteiger partial charge in [-0.05, 0) is 36.1 Å². The smallest absolute Gasteiger partial charge is 0.226 e. The maximum atomic E-state index is 12.1. The Bertz CT molecular complexity index is 844. The van der Waals surface area contributed by atoms with Crippen LogP contribution >= 0.6 is 22.7 Å². The van der Waals surface area contributed by atoms with Crippen LogP contribution in [0.4, 0.5) is 5.13 Å². The third-order valence-corrected chi connectivity index (χ3v) is 5.30. The number of nitrogens with one attached hydrogen (secondary N) is 1. The zero-order chi connectivity index (χ0) is 17.6. The average Bonchev–Trinajstić information content (AvgIpc) is 3.31. The van der Waals surface area contributed by atoms with E-state index in [0.29, 0.717) is 23.1 Å². The van der Waals surface area contributed by atoms with E-state index in [2.05, 4.69) is 10.3 Å². The van der Waals surface area contributed by atoms with Gasteiger partial charge in [0.1, 0.15) is 0 Å². The lowest BCUT2D eigenvalue weighted by molar-refractivity contribution is -0.116. The van der Waals surface area contributed by atoms with Crippen molar-refractivity contribution in [2.45, 2.75) is 12.8 Å². The van der Waals surface area contributed by atoms with Crippen LogP contribution in [0.25, 0.3) is 11.3 Å². The summed E-state index contributed by atoms with van der Waals surface area (Å²) in [5.74, 6) is 1.29. The number of aromatic nitrogens is 1. The molecule has 1 amide bonds. The van der Waals surface area contributed by atoms with Crippen molar-refractivity contribution in [3.05, 3.63) is 46.0 Å². The van der Waals surface area contributed by atoms with E-state index in [1.165, 1.54) is 16.2 Å². The van der Waals surface area contributed by atoms with Crippen LogP contribution in [0.2, 0.25) is 0 Å². The number of methoxy groups -OCH3 is 2. The van der Waals surface area contributed by atoms with Gasteiger partial charge < -0.3 is 14.8 Å². The lowest BCUT2D eigenvalue weighted by Crippen LogP contribution is -2.11. The normalized spacial score (nSPS) is 10.5. The highest BCUT2D eigenvalue weighted by atomic mass is 32.1. The molecule has 130 valence electrons. The Morgan fingerprint density at radius 1 is 1.16 bits per heavy atom. The first kappa shape index (κ1) is 17.4. The third kappa shape index (κ3) is 4.37. The number of carbonyl (C=O) groups excluding carboxylic acids is 1. The van der Waals surface area contributed by atoms with E-state index < -0.39 is 0 Å². The van der Waals surface area contributed by atoms with E-state index in [4.69, 9.17) is 9.47 Å². The monoisotopic (exact) mass is 374 g/mol. The van der Waals surface area contributed by atoms with E-state index in [-0.39, 0.29) is 5.91 Å². The van der Waals surface area contributed by atoms with Gasteiger partial charge in [-0.2, -0.15) is 0 Å². The number of thiazole rings is 1. The highest BCUT2D eigenvalue weighted by Gasteiger charge is 2.11. The van der Waals surface area contributed by atoms with Gasteiger partial charge >= 0.3 is 0 Å². The first-order valence-electron chi connectivity index (χ1n) is 7.69. The molecule has 0 unspecified atom stereocenters. The number of carbonyl (C=O) groups is 1. The number of benzene rings is 1. The van der Waals surface area contributed by atoms with Crippen LogP contribution in [-0.2, 0) is 11.2 Å². The number of anilines is 1. The summed E-state index contributed by atoms with van der Waals surface area (Å²) < 4.78 is 10.6. The summed E-state index contributed by atoms with van der Waals surface area (Å²) in [4.78, 5) is 17.8. The van der Waals surface area contributed by atoms with Crippen molar-refractivity contribution < 1.29 is 14.3 Å². The summed E-state index contributed by atoms with van der Waals surface area (Å²) in [5, 5.41) is 7.39. The fourth-order valence-electron chi connectivity index (χ4n) is 2.33. The largest absolute Gasteiger partial charge is 0.493 e. The average molecular weight is 374 g/mol. The van der Waals surface area contributed by atoms with E-state index in [0.717, 1.165) is 17.7 Å². The molecule has 7 heteroatoms. The molecule has 0 saturated heterocycles. The summed E-state index contributed by atoms with van der Waals surface area (Å²) in [6.45, 7) is 0. The van der Waals surface area contributed by atoms with Crippen molar-refractivity contribution in [2.24, 2.45) is 0 Å². The van der Waals surface area contributed by atoms with Crippen LogP contribution in [0.5, 0.6) is 11.5 Å². The Morgan fingerprint density at radius 2 is 2.00 bits per heavy atom. The second kappa shape index (κ2) is 8.13. The van der Waals surface area contributed by atoms with Gasteiger partial charge in [-0.15, -0.1) is 22.7 Å². The fourth-order valence-corrected chi connectivity index (χ4v) is 3.78. The summed E-state index contributed by atoms with van der Waals surface area (Å²) in [6, 6.07) is 9.66. The number of nitrogens with zero attached hydrogens (tertiary/aromatic N) is 1. The molecule has 0 fully saturated rings. The van der Waals surface area contributed by atoms with Crippen LogP contribution in [0.3, 0.4) is 0 Å². The molecule has 0 saturated carbocycles. The SMILES string of the molecule is COc1ccc(-c2csc(NC(=O)CCc3cccs3)n2)cc1OC. The molecule has 25 heavy (non-hydrogen) atoms. The van der Waals surface area contributed by atoms with Gasteiger partial charge in [0.25, 0.3) is 0 Å². The molecule has 3 aromatic rings. The summed E-state index contributed by atoms with van der Waals surface area (Å²) in [5.41, 5.74) is 1.70. The molecule has 0 atom stereocenters. The van der Waals surface area contributed by atoms with Crippen molar-refractivity contribution in [1.82, 2.24) is 4.98 Å².